The van der Waals surface area contributed by atoms with Gasteiger partial charge in [0.2, 0.25) is 5.82 Å². The van der Waals surface area contributed by atoms with Crippen LogP contribution in [-0.2, 0) is 6.61 Å². The van der Waals surface area contributed by atoms with Crippen molar-refractivity contribution in [3.8, 4) is 5.75 Å². The predicted octanol–water partition coefficient (Wildman–Crippen LogP) is 3.38. The summed E-state index contributed by atoms with van der Waals surface area (Å²) in [6.45, 7) is -0.211. The third-order valence-electron chi connectivity index (χ3n) is 2.57. The maximum absolute atomic E-state index is 13.4. The number of rotatable bonds is 4. The van der Waals surface area contributed by atoms with E-state index in [0.29, 0.717) is 5.56 Å². The molecule has 0 saturated heterocycles. The zero-order valence-corrected chi connectivity index (χ0v) is 10.1. The summed E-state index contributed by atoms with van der Waals surface area (Å²) in [6, 6.07) is 6.86. The van der Waals surface area contributed by atoms with Gasteiger partial charge in [0.15, 0.2) is 11.6 Å². The average molecular weight is 282 g/mol. The Labute approximate surface area is 112 Å². The summed E-state index contributed by atoms with van der Waals surface area (Å²) in [5, 5.41) is 8.67. The van der Waals surface area contributed by atoms with E-state index in [4.69, 9.17) is 9.84 Å². The third kappa shape index (κ3) is 2.90. The van der Waals surface area contributed by atoms with Gasteiger partial charge in [0.1, 0.15) is 12.4 Å². The highest BCUT2D eigenvalue weighted by atomic mass is 19.2. The minimum atomic E-state index is -1.38. The molecule has 0 amide bonds. The molecule has 2 aromatic carbocycles. The van der Waals surface area contributed by atoms with E-state index in [2.05, 4.69) is 0 Å². The van der Waals surface area contributed by atoms with Crippen molar-refractivity contribution in [3.05, 3.63) is 65.0 Å². The SMILES string of the molecule is O=C(O)c1ccc(COc2cccc(F)c2F)cc1F. The number of hydrogen-bond donors (Lipinski definition) is 1. The van der Waals surface area contributed by atoms with E-state index in [1.165, 1.54) is 18.2 Å². The molecule has 0 aliphatic heterocycles. The van der Waals surface area contributed by atoms with Crippen molar-refractivity contribution >= 4 is 5.97 Å². The summed E-state index contributed by atoms with van der Waals surface area (Å²) in [5.41, 5.74) is -0.165. The zero-order valence-electron chi connectivity index (χ0n) is 10.1. The van der Waals surface area contributed by atoms with Crippen LogP contribution in [0.4, 0.5) is 13.2 Å². The minimum absolute atomic E-state index is 0.211. The topological polar surface area (TPSA) is 46.5 Å². The second-order valence-electron chi connectivity index (χ2n) is 3.96. The lowest BCUT2D eigenvalue weighted by molar-refractivity contribution is 0.0692. The van der Waals surface area contributed by atoms with Crippen LogP contribution in [0.3, 0.4) is 0 Å². The van der Waals surface area contributed by atoms with Gasteiger partial charge in [-0.25, -0.2) is 13.6 Å². The number of benzene rings is 2. The Hall–Kier alpha value is -2.50. The Morgan fingerprint density at radius 2 is 1.85 bits per heavy atom. The van der Waals surface area contributed by atoms with Crippen LogP contribution < -0.4 is 4.74 Å². The van der Waals surface area contributed by atoms with Crippen molar-refractivity contribution in [2.24, 2.45) is 0 Å². The number of carbonyl (C=O) groups is 1. The Morgan fingerprint density at radius 1 is 1.10 bits per heavy atom. The molecule has 0 aromatic heterocycles. The van der Waals surface area contributed by atoms with Gasteiger partial charge in [0.25, 0.3) is 0 Å². The van der Waals surface area contributed by atoms with E-state index >= 15 is 0 Å². The van der Waals surface area contributed by atoms with Crippen molar-refractivity contribution in [3.63, 3.8) is 0 Å². The molecule has 0 spiro atoms. The lowest BCUT2D eigenvalue weighted by Crippen LogP contribution is -2.03. The molecule has 0 aliphatic rings. The lowest BCUT2D eigenvalue weighted by atomic mass is 10.1. The quantitative estimate of drug-likeness (QED) is 0.935. The first-order valence-electron chi connectivity index (χ1n) is 5.57. The van der Waals surface area contributed by atoms with Gasteiger partial charge < -0.3 is 9.84 Å². The van der Waals surface area contributed by atoms with Gasteiger partial charge in [-0.05, 0) is 29.8 Å². The molecule has 0 aliphatic carbocycles. The maximum Gasteiger partial charge on any atom is 0.338 e. The van der Waals surface area contributed by atoms with Gasteiger partial charge >= 0.3 is 5.97 Å². The van der Waals surface area contributed by atoms with Crippen molar-refractivity contribution in [2.45, 2.75) is 6.61 Å². The fourth-order valence-corrected chi connectivity index (χ4v) is 1.58. The number of ether oxygens (including phenoxy) is 1. The summed E-state index contributed by atoms with van der Waals surface area (Å²) >= 11 is 0. The molecule has 2 rings (SSSR count). The summed E-state index contributed by atoms with van der Waals surface area (Å²) in [7, 11) is 0. The number of hydrogen-bond acceptors (Lipinski definition) is 2. The van der Waals surface area contributed by atoms with Crippen LogP contribution in [0, 0.1) is 17.5 Å². The van der Waals surface area contributed by atoms with E-state index in [1.807, 2.05) is 0 Å². The van der Waals surface area contributed by atoms with Crippen LogP contribution in [0.15, 0.2) is 36.4 Å². The normalized spacial score (nSPS) is 10.3. The van der Waals surface area contributed by atoms with Crippen LogP contribution in [0.25, 0.3) is 0 Å². The Balaban J connectivity index is 2.13. The van der Waals surface area contributed by atoms with E-state index in [0.717, 1.165) is 18.2 Å². The fourth-order valence-electron chi connectivity index (χ4n) is 1.58. The molecule has 0 radical (unpaired) electrons. The molecule has 0 saturated carbocycles. The zero-order chi connectivity index (χ0) is 14.7. The van der Waals surface area contributed by atoms with Crippen molar-refractivity contribution in [2.75, 3.05) is 0 Å². The van der Waals surface area contributed by atoms with Crippen molar-refractivity contribution in [1.82, 2.24) is 0 Å². The highest BCUT2D eigenvalue weighted by molar-refractivity contribution is 5.87. The lowest BCUT2D eigenvalue weighted by Gasteiger charge is -2.08. The molecule has 1 N–H and O–H groups in total. The molecule has 20 heavy (non-hydrogen) atoms. The Morgan fingerprint density at radius 3 is 2.50 bits per heavy atom. The number of carboxylic acid groups (broad SMARTS) is 1. The number of carboxylic acids is 1. The first-order chi connectivity index (χ1) is 9.49. The molecule has 104 valence electrons. The summed E-state index contributed by atoms with van der Waals surface area (Å²) in [5.74, 6) is -4.78. The highest BCUT2D eigenvalue weighted by Crippen LogP contribution is 2.20. The van der Waals surface area contributed by atoms with Crippen molar-refractivity contribution < 1.29 is 27.8 Å². The summed E-state index contributed by atoms with van der Waals surface area (Å²) < 4.78 is 44.7. The largest absolute Gasteiger partial charge is 0.486 e. The molecule has 6 heteroatoms. The highest BCUT2D eigenvalue weighted by Gasteiger charge is 2.12. The van der Waals surface area contributed by atoms with Gasteiger partial charge in [-0.1, -0.05) is 12.1 Å². The van der Waals surface area contributed by atoms with E-state index < -0.39 is 29.0 Å². The maximum atomic E-state index is 13.4. The molecular formula is C14H9F3O3. The summed E-state index contributed by atoms with van der Waals surface area (Å²) in [6.07, 6.45) is 0. The van der Waals surface area contributed by atoms with Crippen LogP contribution >= 0.6 is 0 Å². The van der Waals surface area contributed by atoms with Crippen LogP contribution in [0.5, 0.6) is 5.75 Å². The number of halogens is 3. The molecule has 2 aromatic rings. The third-order valence-corrected chi connectivity index (χ3v) is 2.57. The summed E-state index contributed by atoms with van der Waals surface area (Å²) in [4.78, 5) is 10.6. The molecular weight excluding hydrogens is 273 g/mol. The molecule has 3 nitrogen and oxygen atoms in total. The van der Waals surface area contributed by atoms with Gasteiger partial charge in [0, 0.05) is 0 Å². The first-order valence-corrected chi connectivity index (χ1v) is 5.57. The number of aromatic carboxylic acids is 1. The molecule has 0 heterocycles. The Kier molecular flexibility index (Phi) is 3.93. The first kappa shape index (κ1) is 13.9. The van der Waals surface area contributed by atoms with Crippen molar-refractivity contribution in [1.29, 1.82) is 0 Å². The van der Waals surface area contributed by atoms with Crippen LogP contribution in [-0.4, -0.2) is 11.1 Å². The van der Waals surface area contributed by atoms with E-state index in [-0.39, 0.29) is 12.4 Å². The second kappa shape index (κ2) is 5.64. The molecule has 0 fully saturated rings. The molecule has 0 bridgehead atoms. The van der Waals surface area contributed by atoms with Gasteiger partial charge in [-0.3, -0.25) is 0 Å². The van der Waals surface area contributed by atoms with Crippen LogP contribution in [0.2, 0.25) is 0 Å². The fraction of sp³-hybridized carbons (Fsp3) is 0.0714. The smallest absolute Gasteiger partial charge is 0.338 e. The van der Waals surface area contributed by atoms with Gasteiger partial charge in [0.05, 0.1) is 5.56 Å². The predicted molar refractivity (Wildman–Crippen MR) is 64.0 cm³/mol. The Bertz CT molecular complexity index is 656. The van der Waals surface area contributed by atoms with Crippen LogP contribution in [0.1, 0.15) is 15.9 Å². The standard InChI is InChI=1S/C14H9F3O3/c15-10-2-1-3-12(13(10)17)20-7-8-4-5-9(14(18)19)11(16)6-8/h1-6H,7H2,(H,18,19). The second-order valence-corrected chi connectivity index (χ2v) is 3.96. The minimum Gasteiger partial charge on any atom is -0.486 e. The van der Waals surface area contributed by atoms with Gasteiger partial charge in [-0.2, -0.15) is 4.39 Å². The van der Waals surface area contributed by atoms with Gasteiger partial charge in [-0.15, -0.1) is 0 Å². The van der Waals surface area contributed by atoms with E-state index in [1.54, 1.807) is 0 Å². The molecule has 0 atom stereocenters. The molecule has 0 unspecified atom stereocenters. The van der Waals surface area contributed by atoms with E-state index in [9.17, 15) is 18.0 Å². The average Bonchev–Trinajstić information content (AvgIpc) is 2.40. The monoisotopic (exact) mass is 282 g/mol.